The summed E-state index contributed by atoms with van der Waals surface area (Å²) in [4.78, 5) is 14.3. The summed E-state index contributed by atoms with van der Waals surface area (Å²) in [5.41, 5.74) is 6.66. The second-order valence-electron chi connectivity index (χ2n) is 8.50. The molecule has 168 valence electrons. The number of esters is 1. The molecule has 0 saturated carbocycles. The lowest BCUT2D eigenvalue weighted by Gasteiger charge is -2.47. The Morgan fingerprint density at radius 3 is 2.70 bits per heavy atom. The van der Waals surface area contributed by atoms with E-state index in [1.807, 2.05) is 0 Å². The largest absolute Gasteiger partial charge is 0.493 e. The Balaban J connectivity index is 2.28. The summed E-state index contributed by atoms with van der Waals surface area (Å²) in [6.45, 7) is 4.08. The van der Waals surface area contributed by atoms with Crippen molar-refractivity contribution in [3.05, 3.63) is 23.3 Å². The van der Waals surface area contributed by atoms with Crippen molar-refractivity contribution >= 4 is 5.97 Å². The van der Waals surface area contributed by atoms with Crippen molar-refractivity contribution in [2.75, 3.05) is 27.2 Å². The van der Waals surface area contributed by atoms with Crippen molar-refractivity contribution in [3.63, 3.8) is 0 Å². The van der Waals surface area contributed by atoms with E-state index in [0.29, 0.717) is 5.56 Å². The first-order valence-corrected chi connectivity index (χ1v) is 10.3. The monoisotopic (exact) mass is 427 g/mol. The lowest BCUT2D eigenvalue weighted by molar-refractivity contribution is -0.160. The molecule has 2 heterocycles. The van der Waals surface area contributed by atoms with E-state index in [4.69, 9.17) is 26.8 Å². The molecule has 0 aromatic heterocycles. The molecule has 0 radical (unpaired) electrons. The summed E-state index contributed by atoms with van der Waals surface area (Å²) >= 11 is 0. The Kier molecular flexibility index (Phi) is 4.33. The summed E-state index contributed by atoms with van der Waals surface area (Å²) in [5.74, 6) is -4.52. The Morgan fingerprint density at radius 2 is 2.07 bits per heavy atom. The van der Waals surface area contributed by atoms with Gasteiger partial charge in [-0.1, -0.05) is 27.7 Å². The van der Waals surface area contributed by atoms with E-state index in [-0.39, 0.29) is 42.4 Å². The predicted octanol–water partition coefficient (Wildman–Crippen LogP) is 3.56. The first-order chi connectivity index (χ1) is 17.6. The van der Waals surface area contributed by atoms with Crippen LogP contribution in [-0.2, 0) is 16.0 Å². The van der Waals surface area contributed by atoms with Crippen molar-refractivity contribution < 1.29 is 31.3 Å². The molecule has 6 nitrogen and oxygen atoms in total. The van der Waals surface area contributed by atoms with Gasteiger partial charge in [-0.15, -0.1) is 0 Å². The van der Waals surface area contributed by atoms with Crippen molar-refractivity contribution in [3.8, 4) is 11.5 Å². The van der Waals surface area contributed by atoms with Gasteiger partial charge in [0.2, 0.25) is 0 Å². The van der Waals surface area contributed by atoms with E-state index in [9.17, 15) is 10.3 Å². The standard InChI is InChI=1S/C24H38N2O4/c1-14(2)9-17-13-26-8-7-16-10-21(28-5)22(29-6)11-18(16)19(26)12-20(17)30-24(27)23(25)15(3)4/h10-11,14-15,17,19-20,23H,7-9,12-13,25H2,1-6H3/t17?,19?,20?,23-/m0/s1/i5D3,12D2,13D2,17D,20D. The van der Waals surface area contributed by atoms with Crippen LogP contribution < -0.4 is 15.2 Å². The van der Waals surface area contributed by atoms with Gasteiger partial charge in [-0.3, -0.25) is 9.69 Å². The number of piperidine rings is 1. The van der Waals surface area contributed by atoms with Gasteiger partial charge in [-0.25, -0.2) is 0 Å². The molecule has 2 aliphatic heterocycles. The third kappa shape index (κ3) is 4.75. The van der Waals surface area contributed by atoms with Crippen LogP contribution in [0.25, 0.3) is 0 Å². The highest BCUT2D eigenvalue weighted by molar-refractivity contribution is 5.76. The van der Waals surface area contributed by atoms with Crippen molar-refractivity contribution in [2.45, 2.75) is 65.1 Å². The van der Waals surface area contributed by atoms with Crippen LogP contribution >= 0.6 is 0 Å². The molecule has 1 fully saturated rings. The second-order valence-corrected chi connectivity index (χ2v) is 8.50. The summed E-state index contributed by atoms with van der Waals surface area (Å²) in [5, 5.41) is 0. The maximum atomic E-state index is 13.1. The van der Waals surface area contributed by atoms with Crippen LogP contribution in [0.1, 0.15) is 70.0 Å². The van der Waals surface area contributed by atoms with E-state index in [0.717, 1.165) is 0 Å². The number of methoxy groups -OCH3 is 2. The van der Waals surface area contributed by atoms with Crippen LogP contribution in [0.2, 0.25) is 0 Å². The van der Waals surface area contributed by atoms with Gasteiger partial charge in [0.15, 0.2) is 11.5 Å². The quantitative estimate of drug-likeness (QED) is 0.671. The molecular weight excluding hydrogens is 380 g/mol. The fourth-order valence-electron chi connectivity index (χ4n) is 3.66. The smallest absolute Gasteiger partial charge is 0.323 e. The number of carbonyl (C=O) groups excluding carboxylic acids is 1. The number of carbonyl (C=O) groups is 1. The van der Waals surface area contributed by atoms with Gasteiger partial charge in [0.05, 0.1) is 19.6 Å². The lowest BCUT2D eigenvalue weighted by Crippen LogP contribution is -2.51. The van der Waals surface area contributed by atoms with Crippen molar-refractivity contribution in [1.29, 1.82) is 0 Å². The molecule has 0 bridgehead atoms. The Morgan fingerprint density at radius 1 is 1.33 bits per heavy atom. The topological polar surface area (TPSA) is 74.0 Å². The maximum Gasteiger partial charge on any atom is 0.323 e. The van der Waals surface area contributed by atoms with E-state index in [1.54, 1.807) is 27.7 Å². The van der Waals surface area contributed by atoms with Crippen LogP contribution in [0, 0.1) is 17.7 Å². The average molecular weight is 428 g/mol. The maximum absolute atomic E-state index is 13.1. The summed E-state index contributed by atoms with van der Waals surface area (Å²) < 4.78 is 93.8. The van der Waals surface area contributed by atoms with E-state index >= 15 is 0 Å². The first kappa shape index (κ1) is 13.6. The van der Waals surface area contributed by atoms with E-state index in [2.05, 4.69) is 0 Å². The van der Waals surface area contributed by atoms with Gasteiger partial charge < -0.3 is 19.9 Å². The van der Waals surface area contributed by atoms with Gasteiger partial charge in [0.25, 0.3) is 0 Å². The number of nitrogens with two attached hydrogens (primary N) is 1. The predicted molar refractivity (Wildman–Crippen MR) is 118 cm³/mol. The highest BCUT2D eigenvalue weighted by Gasteiger charge is 2.41. The van der Waals surface area contributed by atoms with Crippen molar-refractivity contribution in [1.82, 2.24) is 4.90 Å². The Bertz CT molecular complexity index is 1100. The zero-order valence-electron chi connectivity index (χ0n) is 27.2. The number of nitrogens with zero attached hydrogens (tertiary/aromatic N) is 1. The molecule has 1 aromatic carbocycles. The molecule has 1 aromatic rings. The van der Waals surface area contributed by atoms with Gasteiger partial charge in [-0.05, 0) is 47.9 Å². The van der Waals surface area contributed by atoms with Gasteiger partial charge in [0, 0.05) is 38.2 Å². The Hall–Kier alpha value is -1.79. The molecule has 0 aliphatic carbocycles. The minimum absolute atomic E-state index is 0.0256. The number of rotatable bonds is 7. The lowest BCUT2D eigenvalue weighted by atomic mass is 9.79. The molecule has 30 heavy (non-hydrogen) atoms. The normalized spacial score (nSPS) is 38.0. The molecule has 2 N–H and O–H groups in total. The Labute approximate surface area is 193 Å². The SMILES string of the molecule is [2H]C([2H])([2H])Oc1cc2c(cc1OC)C1N(CC2)C([2H])([2H])C([2H])(CC(C)C)C([2H])(OC(=O)[C@@H](N)C(C)C)C1([2H])[2H]. The van der Waals surface area contributed by atoms with Crippen molar-refractivity contribution in [2.24, 2.45) is 23.5 Å². The number of fused-ring (bicyclic) bond motifs is 3. The average Bonchev–Trinajstić information content (AvgIpc) is 2.79. The van der Waals surface area contributed by atoms with Crippen LogP contribution in [0.5, 0.6) is 11.5 Å². The number of hydrogen-bond donors (Lipinski definition) is 1. The second kappa shape index (κ2) is 9.56. The van der Waals surface area contributed by atoms with E-state index in [1.165, 1.54) is 24.1 Å². The van der Waals surface area contributed by atoms with E-state index < -0.39 is 55.9 Å². The first-order valence-electron chi connectivity index (χ1n) is 14.8. The summed E-state index contributed by atoms with van der Waals surface area (Å²) in [6.07, 6.45) is -5.94. The number of benzene rings is 1. The van der Waals surface area contributed by atoms with Gasteiger partial charge in [-0.2, -0.15) is 0 Å². The van der Waals surface area contributed by atoms with Gasteiger partial charge in [0.1, 0.15) is 12.1 Å². The molecular formula is C24H38N2O4. The molecule has 6 heteroatoms. The van der Waals surface area contributed by atoms with Crippen LogP contribution in [-0.4, -0.2) is 50.2 Å². The third-order valence-electron chi connectivity index (χ3n) is 5.39. The molecule has 0 amide bonds. The highest BCUT2D eigenvalue weighted by atomic mass is 16.5. The van der Waals surface area contributed by atoms with Crippen LogP contribution in [0.15, 0.2) is 12.1 Å². The van der Waals surface area contributed by atoms with Crippen LogP contribution in [0.3, 0.4) is 0 Å². The molecule has 1 saturated heterocycles. The molecule has 3 rings (SSSR count). The molecule has 4 atom stereocenters. The zero-order chi connectivity index (χ0) is 29.9. The minimum Gasteiger partial charge on any atom is -0.493 e. The number of hydrogen-bond acceptors (Lipinski definition) is 6. The fourth-order valence-corrected chi connectivity index (χ4v) is 3.66. The highest BCUT2D eigenvalue weighted by Crippen LogP contribution is 2.44. The molecule has 0 spiro atoms. The zero-order valence-corrected chi connectivity index (χ0v) is 18.2. The minimum atomic E-state index is -3.02. The summed E-state index contributed by atoms with van der Waals surface area (Å²) in [7, 11) is -1.49. The third-order valence-corrected chi connectivity index (χ3v) is 5.39. The van der Waals surface area contributed by atoms with Gasteiger partial charge >= 0.3 is 5.97 Å². The number of ether oxygens (including phenoxy) is 3. The fraction of sp³-hybridized carbons (Fsp3) is 0.708. The molecule has 2 aliphatic rings. The molecule has 3 unspecified atom stereocenters. The summed E-state index contributed by atoms with van der Waals surface area (Å²) in [6, 6.07) is 0.0708. The van der Waals surface area contributed by atoms with Crippen LogP contribution in [0.4, 0.5) is 0 Å².